The van der Waals surface area contributed by atoms with Crippen molar-refractivity contribution >= 4 is 26.1 Å². The molecule has 0 atom stereocenters. The lowest BCUT2D eigenvalue weighted by molar-refractivity contribution is 0.632. The number of para-hydroxylation sites is 2. The lowest BCUT2D eigenvalue weighted by Gasteiger charge is -2.43. The molecule has 202 valence electrons. The number of hydrogen-bond acceptors (Lipinski definition) is 2. The van der Waals surface area contributed by atoms with Gasteiger partial charge >= 0.3 is 0 Å². The van der Waals surface area contributed by atoms with Gasteiger partial charge in [0.25, 0.3) is 0 Å². The topological polar surface area (TPSA) is 20.3 Å². The fourth-order valence-electron chi connectivity index (χ4n) is 8.01. The summed E-state index contributed by atoms with van der Waals surface area (Å²) in [5, 5.41) is 0. The van der Waals surface area contributed by atoms with E-state index in [1.807, 2.05) is 18.2 Å². The summed E-state index contributed by atoms with van der Waals surface area (Å²) in [6.07, 6.45) is 0. The minimum absolute atomic E-state index is 0.156. The van der Waals surface area contributed by atoms with Crippen molar-refractivity contribution in [2.45, 2.75) is 38.8 Å². The smallest absolute Gasteiger partial charge is 0.0552 e. The number of fused-ring (bicyclic) bond motifs is 12. The normalized spacial score (nSPS) is 18.0. The first-order valence-corrected chi connectivity index (χ1v) is 16.5. The van der Waals surface area contributed by atoms with Crippen LogP contribution in [0.4, 0.5) is 17.1 Å². The first-order valence-electron chi connectivity index (χ1n) is 14.5. The van der Waals surface area contributed by atoms with E-state index < -0.39 is 9.07 Å². The molecule has 3 heterocycles. The van der Waals surface area contributed by atoms with Gasteiger partial charge in [-0.05, 0) is 64.7 Å². The maximum atomic E-state index is 16.9. The van der Waals surface area contributed by atoms with Gasteiger partial charge in [-0.1, -0.05) is 111 Å². The van der Waals surface area contributed by atoms with E-state index in [9.17, 15) is 0 Å². The molecule has 0 saturated heterocycles. The zero-order chi connectivity index (χ0) is 28.3. The van der Waals surface area contributed by atoms with Crippen LogP contribution in [0.15, 0.2) is 159 Å². The van der Waals surface area contributed by atoms with Crippen LogP contribution in [-0.2, 0) is 14.5 Å². The number of rotatable bonds is 1. The van der Waals surface area contributed by atoms with E-state index in [1.54, 1.807) is 0 Å². The fourth-order valence-corrected chi connectivity index (χ4v) is 13.2. The Hall–Kier alpha value is -4.73. The van der Waals surface area contributed by atoms with Gasteiger partial charge in [0.2, 0.25) is 0 Å². The zero-order valence-corrected chi connectivity index (χ0v) is 24.4. The maximum Gasteiger partial charge on any atom is 0.0552 e. The summed E-state index contributed by atoms with van der Waals surface area (Å²) in [4.78, 5) is 6.06. The Morgan fingerprint density at radius 1 is 0.452 bits per heavy atom. The molecule has 0 aliphatic carbocycles. The average Bonchev–Trinajstić information content (AvgIpc) is 3.43. The summed E-state index contributed by atoms with van der Waals surface area (Å²) in [5.74, 6) is 0. The summed E-state index contributed by atoms with van der Waals surface area (Å²) < 4.78 is 16.9. The Morgan fingerprint density at radius 2 is 0.857 bits per heavy atom. The van der Waals surface area contributed by atoms with E-state index in [0.29, 0.717) is 0 Å². The maximum absolute atomic E-state index is 16.9. The van der Waals surface area contributed by atoms with E-state index in [0.717, 1.165) is 47.5 Å². The molecular weight excluding hydrogens is 531 g/mol. The third-order valence-electron chi connectivity index (χ3n) is 9.78. The van der Waals surface area contributed by atoms with Crippen LogP contribution in [0.2, 0.25) is 0 Å². The SMILES string of the molecule is CC1(C)c2ccccc2N(c2cccc3c2-c2ccccc2S32(=O)c3ccccc3-c3ccccc32)c2ccccc21. The highest BCUT2D eigenvalue weighted by Crippen LogP contribution is 2.72. The summed E-state index contributed by atoms with van der Waals surface area (Å²) in [6, 6.07) is 49.0. The molecule has 2 nitrogen and oxygen atoms in total. The second-order valence-electron chi connectivity index (χ2n) is 12.1. The zero-order valence-electron chi connectivity index (χ0n) is 23.5. The van der Waals surface area contributed by atoms with Crippen molar-refractivity contribution in [3.8, 4) is 22.3 Å². The van der Waals surface area contributed by atoms with Crippen molar-refractivity contribution in [1.82, 2.24) is 0 Å². The van der Waals surface area contributed by atoms with Crippen LogP contribution in [0.1, 0.15) is 25.0 Å². The molecule has 6 aromatic carbocycles. The molecular formula is C39H29NOS. The lowest BCUT2D eigenvalue weighted by atomic mass is 9.73. The molecule has 3 aliphatic rings. The third-order valence-corrected chi connectivity index (χ3v) is 14.5. The molecule has 42 heavy (non-hydrogen) atoms. The first-order chi connectivity index (χ1) is 20.5. The summed E-state index contributed by atoms with van der Waals surface area (Å²) >= 11 is 0. The number of anilines is 3. The van der Waals surface area contributed by atoms with Gasteiger partial charge in [-0.3, -0.25) is 4.21 Å². The van der Waals surface area contributed by atoms with E-state index in [1.165, 1.54) is 22.5 Å². The van der Waals surface area contributed by atoms with Crippen molar-refractivity contribution in [1.29, 1.82) is 0 Å². The van der Waals surface area contributed by atoms with Gasteiger partial charge in [-0.2, -0.15) is 0 Å². The molecule has 0 N–H and O–H groups in total. The van der Waals surface area contributed by atoms with Crippen molar-refractivity contribution in [2.75, 3.05) is 4.90 Å². The predicted molar refractivity (Wildman–Crippen MR) is 172 cm³/mol. The van der Waals surface area contributed by atoms with Gasteiger partial charge in [0.1, 0.15) is 0 Å². The van der Waals surface area contributed by atoms with Crippen molar-refractivity contribution in [3.63, 3.8) is 0 Å². The Balaban J connectivity index is 1.45. The largest absolute Gasteiger partial charge is 0.309 e. The number of hydrogen-bond donors (Lipinski definition) is 0. The minimum atomic E-state index is -3.90. The van der Waals surface area contributed by atoms with Gasteiger partial charge in [-0.15, -0.1) is 0 Å². The molecule has 0 unspecified atom stereocenters. The predicted octanol–water partition coefficient (Wildman–Crippen LogP) is 10.1. The Bertz CT molecular complexity index is 2110. The summed E-state index contributed by atoms with van der Waals surface area (Å²) in [5.41, 5.74) is 10.0. The van der Waals surface area contributed by atoms with Crippen LogP contribution in [0.3, 0.4) is 0 Å². The molecule has 0 bridgehead atoms. The Kier molecular flexibility index (Phi) is 4.42. The Morgan fingerprint density at radius 3 is 1.43 bits per heavy atom. The second-order valence-corrected chi connectivity index (χ2v) is 15.7. The molecule has 1 spiro atoms. The van der Waals surface area contributed by atoms with E-state index in [-0.39, 0.29) is 5.41 Å². The van der Waals surface area contributed by atoms with Crippen LogP contribution >= 0.6 is 0 Å². The van der Waals surface area contributed by atoms with Crippen LogP contribution in [-0.4, -0.2) is 4.21 Å². The van der Waals surface area contributed by atoms with Gasteiger partial charge in [-0.25, -0.2) is 0 Å². The van der Waals surface area contributed by atoms with Gasteiger partial charge in [0.15, 0.2) is 0 Å². The molecule has 0 amide bonds. The van der Waals surface area contributed by atoms with Crippen molar-refractivity contribution in [2.24, 2.45) is 0 Å². The van der Waals surface area contributed by atoms with Gasteiger partial charge < -0.3 is 4.90 Å². The van der Waals surface area contributed by atoms with Gasteiger partial charge in [0, 0.05) is 45.2 Å². The molecule has 0 fully saturated rings. The molecule has 3 aliphatic heterocycles. The highest BCUT2D eigenvalue weighted by atomic mass is 32.3. The monoisotopic (exact) mass is 559 g/mol. The van der Waals surface area contributed by atoms with E-state index in [2.05, 4.69) is 140 Å². The van der Waals surface area contributed by atoms with Crippen LogP contribution < -0.4 is 4.90 Å². The molecule has 6 aromatic rings. The quantitative estimate of drug-likeness (QED) is 0.199. The standard InChI is InChI=1S/C39H29NOS/c1-39(2)29-17-6-8-19-31(29)40(32-20-9-7-18-30(32)39)33-21-13-25-37-38(33)28-16-5-12-24-36(28)42(37,41)34-22-10-3-14-26(34)27-15-4-11-23-35(27)42/h3-25H,1-2H3. The lowest BCUT2D eigenvalue weighted by Crippen LogP contribution is -2.31. The van der Waals surface area contributed by atoms with Crippen LogP contribution in [0, 0.1) is 0 Å². The number of benzene rings is 6. The molecule has 0 radical (unpaired) electrons. The number of nitrogens with zero attached hydrogens (tertiary/aromatic N) is 1. The van der Waals surface area contributed by atoms with Crippen molar-refractivity contribution < 1.29 is 4.21 Å². The fraction of sp³-hybridized carbons (Fsp3) is 0.0769. The van der Waals surface area contributed by atoms with E-state index in [4.69, 9.17) is 0 Å². The second kappa shape index (κ2) is 7.76. The minimum Gasteiger partial charge on any atom is -0.309 e. The average molecular weight is 560 g/mol. The van der Waals surface area contributed by atoms with Gasteiger partial charge in [0.05, 0.1) is 17.1 Å². The van der Waals surface area contributed by atoms with Crippen LogP contribution in [0.25, 0.3) is 22.3 Å². The highest BCUT2D eigenvalue weighted by Gasteiger charge is 2.58. The third kappa shape index (κ3) is 2.52. The Labute approximate surface area is 246 Å². The molecule has 3 heteroatoms. The molecule has 0 aromatic heterocycles. The molecule has 9 rings (SSSR count). The first kappa shape index (κ1) is 23.9. The molecule has 0 saturated carbocycles. The highest BCUT2D eigenvalue weighted by molar-refractivity contribution is 8.21. The summed E-state index contributed by atoms with van der Waals surface area (Å²) in [7, 11) is -3.90. The van der Waals surface area contributed by atoms with Crippen LogP contribution in [0.5, 0.6) is 0 Å². The van der Waals surface area contributed by atoms with E-state index >= 15 is 4.21 Å². The summed E-state index contributed by atoms with van der Waals surface area (Å²) in [6.45, 7) is 4.62. The van der Waals surface area contributed by atoms with Crippen molar-refractivity contribution in [3.05, 3.63) is 151 Å².